The zero-order chi connectivity index (χ0) is 12.4. The number of esters is 1. The first-order valence-electron chi connectivity index (χ1n) is 4.20. The van der Waals surface area contributed by atoms with Gasteiger partial charge in [0.05, 0.1) is 12.0 Å². The van der Waals surface area contributed by atoms with Gasteiger partial charge in [-0.3, -0.25) is 4.79 Å². The molecule has 4 nitrogen and oxygen atoms in total. The standard InChI is InChI=1S/C9H8BBrO4S/c1-15-8(12)9(10,11)16(13,14)7-5-3-2-4-6-7/h2-6H,1H3. The Hall–Kier alpha value is -0.815. The van der Waals surface area contributed by atoms with E-state index in [-0.39, 0.29) is 4.90 Å². The summed E-state index contributed by atoms with van der Waals surface area (Å²) in [5.74, 6) is -1.07. The molecule has 0 aliphatic carbocycles. The van der Waals surface area contributed by atoms with Gasteiger partial charge in [-0.1, -0.05) is 34.1 Å². The van der Waals surface area contributed by atoms with Crippen LogP contribution in [0.5, 0.6) is 0 Å². The molecular formula is C9H8BBrO4S. The molecule has 0 heterocycles. The second-order valence-corrected chi connectivity index (χ2v) is 6.85. The van der Waals surface area contributed by atoms with E-state index in [4.69, 9.17) is 7.85 Å². The van der Waals surface area contributed by atoms with Crippen molar-refractivity contribution >= 4 is 39.6 Å². The Bertz CT molecular complexity index is 483. The fourth-order valence-corrected chi connectivity index (χ4v) is 2.90. The van der Waals surface area contributed by atoms with E-state index in [1.807, 2.05) is 0 Å². The predicted octanol–water partition coefficient (Wildman–Crippen LogP) is 0.850. The summed E-state index contributed by atoms with van der Waals surface area (Å²) in [6, 6.07) is 7.42. The average Bonchev–Trinajstić information content (AvgIpc) is 2.28. The molecule has 1 rings (SSSR count). The molecule has 0 N–H and O–H groups in total. The lowest BCUT2D eigenvalue weighted by atomic mass is 10.0. The summed E-state index contributed by atoms with van der Waals surface area (Å²) in [4.78, 5) is 11.2. The molecule has 0 aliphatic rings. The maximum atomic E-state index is 12.0. The van der Waals surface area contributed by atoms with Gasteiger partial charge in [-0.15, -0.1) is 0 Å². The van der Waals surface area contributed by atoms with E-state index in [9.17, 15) is 13.2 Å². The second-order valence-electron chi connectivity index (χ2n) is 2.95. The number of carbonyl (C=O) groups is 1. The third-order valence-corrected chi connectivity index (χ3v) is 5.35. The molecule has 1 atom stereocenters. The number of ether oxygens (including phenoxy) is 1. The lowest BCUT2D eigenvalue weighted by Crippen LogP contribution is -2.42. The summed E-state index contributed by atoms with van der Waals surface area (Å²) in [6.45, 7) is 0. The minimum atomic E-state index is -4.03. The van der Waals surface area contributed by atoms with Crippen molar-refractivity contribution in [2.75, 3.05) is 7.11 Å². The fourth-order valence-electron chi connectivity index (χ4n) is 1.02. The smallest absolute Gasteiger partial charge is 0.328 e. The van der Waals surface area contributed by atoms with Crippen molar-refractivity contribution in [2.24, 2.45) is 0 Å². The minimum absolute atomic E-state index is 0.0558. The van der Waals surface area contributed by atoms with Crippen LogP contribution < -0.4 is 0 Å². The molecule has 1 aromatic rings. The summed E-state index contributed by atoms with van der Waals surface area (Å²) in [5, 5.41) is 0. The highest BCUT2D eigenvalue weighted by molar-refractivity contribution is 9.12. The molecule has 84 valence electrons. The van der Waals surface area contributed by atoms with Crippen LogP contribution in [0.1, 0.15) is 0 Å². The monoisotopic (exact) mass is 302 g/mol. The van der Waals surface area contributed by atoms with Crippen LogP contribution in [0.2, 0.25) is 0 Å². The SMILES string of the molecule is [B]C(Br)(C(=O)OC)S(=O)(=O)c1ccccc1. The Morgan fingerprint density at radius 2 is 1.88 bits per heavy atom. The molecule has 7 heteroatoms. The Morgan fingerprint density at radius 1 is 1.38 bits per heavy atom. The normalized spacial score (nSPS) is 15.1. The first-order chi connectivity index (χ1) is 7.34. The molecule has 1 unspecified atom stereocenters. The van der Waals surface area contributed by atoms with E-state index in [1.54, 1.807) is 6.07 Å². The van der Waals surface area contributed by atoms with Crippen LogP contribution >= 0.6 is 15.9 Å². The van der Waals surface area contributed by atoms with E-state index in [0.717, 1.165) is 7.11 Å². The summed E-state index contributed by atoms with van der Waals surface area (Å²) in [5.41, 5.74) is 0. The van der Waals surface area contributed by atoms with E-state index >= 15 is 0 Å². The molecule has 0 saturated carbocycles. The summed E-state index contributed by atoms with van der Waals surface area (Å²) in [7, 11) is 2.47. The zero-order valence-corrected chi connectivity index (χ0v) is 10.8. The van der Waals surface area contributed by atoms with Crippen LogP contribution in [0.25, 0.3) is 0 Å². The Morgan fingerprint density at radius 3 is 2.31 bits per heavy atom. The van der Waals surface area contributed by atoms with Crippen LogP contribution in [0.15, 0.2) is 35.2 Å². The Balaban J connectivity index is 3.28. The maximum Gasteiger partial charge on any atom is 0.328 e. The van der Waals surface area contributed by atoms with Crippen molar-refractivity contribution in [1.29, 1.82) is 0 Å². The molecule has 0 saturated heterocycles. The highest BCUT2D eigenvalue weighted by Crippen LogP contribution is 2.29. The number of sulfone groups is 1. The lowest BCUT2D eigenvalue weighted by molar-refractivity contribution is -0.139. The number of alkyl halides is 1. The number of rotatable bonds is 3. The molecular weight excluding hydrogens is 295 g/mol. The highest BCUT2D eigenvalue weighted by atomic mass is 79.9. The van der Waals surface area contributed by atoms with Crippen molar-refractivity contribution in [3.63, 3.8) is 0 Å². The van der Waals surface area contributed by atoms with Gasteiger partial charge in [-0.25, -0.2) is 8.42 Å². The van der Waals surface area contributed by atoms with Crippen LogP contribution in [0.3, 0.4) is 0 Å². The van der Waals surface area contributed by atoms with Gasteiger partial charge < -0.3 is 4.74 Å². The summed E-state index contributed by atoms with van der Waals surface area (Å²) < 4.78 is 26.0. The maximum absolute atomic E-state index is 12.0. The van der Waals surface area contributed by atoms with Crippen molar-refractivity contribution in [2.45, 2.75) is 8.45 Å². The first kappa shape index (κ1) is 13.3. The first-order valence-corrected chi connectivity index (χ1v) is 6.47. The van der Waals surface area contributed by atoms with Crippen LogP contribution in [0.4, 0.5) is 0 Å². The van der Waals surface area contributed by atoms with Crippen molar-refractivity contribution in [3.05, 3.63) is 30.3 Å². The van der Waals surface area contributed by atoms with Gasteiger partial charge in [0.25, 0.3) is 0 Å². The van der Waals surface area contributed by atoms with Gasteiger partial charge in [0.1, 0.15) is 7.85 Å². The molecule has 2 radical (unpaired) electrons. The Kier molecular flexibility index (Phi) is 3.80. The topological polar surface area (TPSA) is 60.4 Å². The van der Waals surface area contributed by atoms with E-state index in [1.165, 1.54) is 24.3 Å². The largest absolute Gasteiger partial charge is 0.468 e. The third kappa shape index (κ3) is 2.15. The van der Waals surface area contributed by atoms with Crippen molar-refractivity contribution in [1.82, 2.24) is 0 Å². The molecule has 16 heavy (non-hydrogen) atoms. The number of carbonyl (C=O) groups excluding carboxylic acids is 1. The summed E-state index contributed by atoms with van der Waals surface area (Å²) >= 11 is 2.68. The highest BCUT2D eigenvalue weighted by Gasteiger charge is 2.45. The fraction of sp³-hybridized carbons (Fsp3) is 0.222. The van der Waals surface area contributed by atoms with Gasteiger partial charge in [-0.2, -0.15) is 0 Å². The van der Waals surface area contributed by atoms with Gasteiger partial charge >= 0.3 is 5.97 Å². The van der Waals surface area contributed by atoms with Crippen molar-refractivity contribution in [3.8, 4) is 0 Å². The minimum Gasteiger partial charge on any atom is -0.468 e. The van der Waals surface area contributed by atoms with Gasteiger partial charge in [0.15, 0.2) is 13.4 Å². The van der Waals surface area contributed by atoms with Crippen LogP contribution in [0, 0.1) is 0 Å². The molecule has 0 bridgehead atoms. The van der Waals surface area contributed by atoms with Gasteiger partial charge in [-0.05, 0) is 12.1 Å². The molecule has 0 amide bonds. The van der Waals surface area contributed by atoms with E-state index in [2.05, 4.69) is 20.7 Å². The molecule has 0 fully saturated rings. The van der Waals surface area contributed by atoms with Gasteiger partial charge in [0, 0.05) is 0 Å². The third-order valence-electron chi connectivity index (χ3n) is 1.91. The number of halogens is 1. The molecule has 0 spiro atoms. The number of hydrogen-bond acceptors (Lipinski definition) is 4. The number of benzene rings is 1. The van der Waals surface area contributed by atoms with Crippen LogP contribution in [-0.4, -0.2) is 32.9 Å². The van der Waals surface area contributed by atoms with E-state index < -0.39 is 19.4 Å². The lowest BCUT2D eigenvalue weighted by Gasteiger charge is -2.20. The van der Waals surface area contributed by atoms with Crippen molar-refractivity contribution < 1.29 is 17.9 Å². The predicted molar refractivity (Wildman–Crippen MR) is 63.1 cm³/mol. The number of hydrogen-bond donors (Lipinski definition) is 0. The van der Waals surface area contributed by atoms with E-state index in [0.29, 0.717) is 0 Å². The quantitative estimate of drug-likeness (QED) is 0.472. The van der Waals surface area contributed by atoms with Gasteiger partial charge in [0.2, 0.25) is 0 Å². The molecule has 1 aromatic carbocycles. The molecule has 0 aromatic heterocycles. The molecule has 0 aliphatic heterocycles. The second kappa shape index (κ2) is 4.59. The number of methoxy groups -OCH3 is 1. The Labute approximate surface area is 103 Å². The zero-order valence-electron chi connectivity index (χ0n) is 8.38. The van der Waals surface area contributed by atoms with Crippen LogP contribution in [-0.2, 0) is 19.4 Å². The summed E-state index contributed by atoms with van der Waals surface area (Å²) in [6.07, 6.45) is 0. The average molecular weight is 303 g/mol.